The van der Waals surface area contributed by atoms with Crippen LogP contribution in [0.15, 0.2) is 28.8 Å². The fourth-order valence-corrected chi connectivity index (χ4v) is 3.05. The third-order valence-electron chi connectivity index (χ3n) is 4.83. The fraction of sp³-hybridized carbons (Fsp3) is 0.526. The molecule has 1 unspecified atom stereocenters. The van der Waals surface area contributed by atoms with Gasteiger partial charge < -0.3 is 14.7 Å². The van der Waals surface area contributed by atoms with E-state index in [2.05, 4.69) is 41.4 Å². The molecule has 3 rings (SSSR count). The van der Waals surface area contributed by atoms with E-state index in [1.54, 1.807) is 0 Å². The van der Waals surface area contributed by atoms with Gasteiger partial charge in [0, 0.05) is 38.0 Å². The lowest BCUT2D eigenvalue weighted by Gasteiger charge is -2.23. The molecule has 1 saturated heterocycles. The Labute approximate surface area is 148 Å². The summed E-state index contributed by atoms with van der Waals surface area (Å²) in [5.74, 6) is 1.70. The van der Waals surface area contributed by atoms with Crippen LogP contribution in [0.3, 0.4) is 0 Å². The minimum absolute atomic E-state index is 0.120. The third kappa shape index (κ3) is 4.25. The molecule has 1 aliphatic heterocycles. The maximum Gasteiger partial charge on any atom is 0.227 e. The van der Waals surface area contributed by atoms with Gasteiger partial charge in [-0.1, -0.05) is 43.3 Å². The number of hydrogen-bond donors (Lipinski definition) is 1. The van der Waals surface area contributed by atoms with Crippen molar-refractivity contribution < 1.29 is 9.32 Å². The molecule has 0 spiro atoms. The average Bonchev–Trinajstić information content (AvgIpc) is 3.31. The van der Waals surface area contributed by atoms with Gasteiger partial charge in [0.05, 0.1) is 0 Å². The number of nitrogens with zero attached hydrogens (tertiary/aromatic N) is 3. The molecule has 25 heavy (non-hydrogen) atoms. The number of benzene rings is 1. The second-order valence-electron chi connectivity index (χ2n) is 6.94. The van der Waals surface area contributed by atoms with Crippen molar-refractivity contribution in [1.82, 2.24) is 20.4 Å². The van der Waals surface area contributed by atoms with E-state index in [1.165, 1.54) is 5.56 Å². The SMILES string of the molecule is CC(C)c1ccc(-c2noc(CCC(=O)N(C)C3CCNC3)n2)cc1. The standard InChI is InChI=1S/C19H26N4O2/c1-13(2)14-4-6-15(7-5-14)19-21-17(25-22-19)8-9-18(24)23(3)16-10-11-20-12-16/h4-7,13,16,20H,8-12H2,1-3H3. The highest BCUT2D eigenvalue weighted by Crippen LogP contribution is 2.21. The molecule has 0 bridgehead atoms. The molecule has 2 aromatic rings. The smallest absolute Gasteiger partial charge is 0.227 e. The molecule has 1 fully saturated rings. The highest BCUT2D eigenvalue weighted by atomic mass is 16.5. The van der Waals surface area contributed by atoms with E-state index < -0.39 is 0 Å². The number of carbonyl (C=O) groups excluding carboxylic acids is 1. The Kier molecular flexibility index (Phi) is 5.48. The molecule has 1 aromatic heterocycles. The highest BCUT2D eigenvalue weighted by Gasteiger charge is 2.23. The van der Waals surface area contributed by atoms with Crippen molar-refractivity contribution in [3.05, 3.63) is 35.7 Å². The van der Waals surface area contributed by atoms with Gasteiger partial charge in [-0.3, -0.25) is 4.79 Å². The molecule has 0 radical (unpaired) electrons. The Hall–Kier alpha value is -2.21. The van der Waals surface area contributed by atoms with Crippen LogP contribution < -0.4 is 5.32 Å². The van der Waals surface area contributed by atoms with Crippen LogP contribution in [-0.4, -0.2) is 47.1 Å². The van der Waals surface area contributed by atoms with Crippen LogP contribution in [0.5, 0.6) is 0 Å². The van der Waals surface area contributed by atoms with Gasteiger partial charge in [-0.2, -0.15) is 4.98 Å². The van der Waals surface area contributed by atoms with Gasteiger partial charge in [-0.05, 0) is 24.4 Å². The number of aromatic nitrogens is 2. The number of aryl methyl sites for hydroxylation is 1. The van der Waals surface area contributed by atoms with E-state index in [4.69, 9.17) is 4.52 Å². The number of amides is 1. The van der Waals surface area contributed by atoms with Gasteiger partial charge in [0.2, 0.25) is 17.6 Å². The second kappa shape index (κ2) is 7.78. The Morgan fingerprint density at radius 1 is 1.36 bits per heavy atom. The Bertz CT molecular complexity index is 702. The fourth-order valence-electron chi connectivity index (χ4n) is 3.05. The van der Waals surface area contributed by atoms with Gasteiger partial charge in [0.25, 0.3) is 0 Å². The third-order valence-corrected chi connectivity index (χ3v) is 4.83. The van der Waals surface area contributed by atoms with Crippen LogP contribution in [0.4, 0.5) is 0 Å². The summed E-state index contributed by atoms with van der Waals surface area (Å²) in [6.07, 6.45) is 1.88. The maximum atomic E-state index is 12.3. The van der Waals surface area contributed by atoms with Gasteiger partial charge in [0.1, 0.15) is 0 Å². The normalized spacial score (nSPS) is 17.2. The molecule has 6 nitrogen and oxygen atoms in total. The summed E-state index contributed by atoms with van der Waals surface area (Å²) < 4.78 is 5.31. The molecular formula is C19H26N4O2. The largest absolute Gasteiger partial charge is 0.341 e. The lowest BCUT2D eigenvalue weighted by molar-refractivity contribution is -0.131. The Balaban J connectivity index is 1.57. The molecule has 0 saturated carbocycles. The summed E-state index contributed by atoms with van der Waals surface area (Å²) in [7, 11) is 1.87. The quantitative estimate of drug-likeness (QED) is 0.874. The van der Waals surface area contributed by atoms with E-state index in [9.17, 15) is 4.79 Å². The molecule has 1 N–H and O–H groups in total. The summed E-state index contributed by atoms with van der Waals surface area (Å²) in [5, 5.41) is 7.32. The minimum Gasteiger partial charge on any atom is -0.341 e. The zero-order valence-corrected chi connectivity index (χ0v) is 15.2. The Morgan fingerprint density at radius 3 is 2.76 bits per heavy atom. The number of nitrogens with one attached hydrogen (secondary N) is 1. The monoisotopic (exact) mass is 342 g/mol. The average molecular weight is 342 g/mol. The first-order valence-electron chi connectivity index (χ1n) is 8.94. The molecule has 1 aliphatic rings. The summed E-state index contributed by atoms with van der Waals surface area (Å²) in [6, 6.07) is 8.49. The van der Waals surface area contributed by atoms with Crippen molar-refractivity contribution in [2.45, 2.75) is 45.1 Å². The number of carbonyl (C=O) groups is 1. The van der Waals surface area contributed by atoms with Crippen LogP contribution in [0.25, 0.3) is 11.4 Å². The molecule has 2 heterocycles. The summed E-state index contributed by atoms with van der Waals surface area (Å²) in [4.78, 5) is 18.5. The summed E-state index contributed by atoms with van der Waals surface area (Å²) >= 11 is 0. The van der Waals surface area contributed by atoms with Crippen molar-refractivity contribution in [3.63, 3.8) is 0 Å². The maximum absolute atomic E-state index is 12.3. The van der Waals surface area contributed by atoms with E-state index in [-0.39, 0.29) is 5.91 Å². The predicted octanol–water partition coefficient (Wildman–Crippen LogP) is 2.61. The lowest BCUT2D eigenvalue weighted by atomic mass is 10.0. The summed E-state index contributed by atoms with van der Waals surface area (Å²) in [5.41, 5.74) is 2.21. The first-order valence-corrected chi connectivity index (χ1v) is 8.94. The first-order chi connectivity index (χ1) is 12.0. The molecule has 0 aliphatic carbocycles. The molecule has 6 heteroatoms. The zero-order chi connectivity index (χ0) is 17.8. The Morgan fingerprint density at radius 2 is 2.12 bits per heavy atom. The van der Waals surface area contributed by atoms with Crippen LogP contribution in [-0.2, 0) is 11.2 Å². The van der Waals surface area contributed by atoms with Crippen molar-refractivity contribution >= 4 is 5.91 Å². The minimum atomic E-state index is 0.120. The first kappa shape index (κ1) is 17.6. The van der Waals surface area contributed by atoms with Gasteiger partial charge in [-0.25, -0.2) is 0 Å². The number of rotatable bonds is 6. The van der Waals surface area contributed by atoms with Crippen molar-refractivity contribution in [2.75, 3.05) is 20.1 Å². The summed E-state index contributed by atoms with van der Waals surface area (Å²) in [6.45, 7) is 6.18. The van der Waals surface area contributed by atoms with Crippen LogP contribution in [0, 0.1) is 0 Å². The van der Waals surface area contributed by atoms with Crippen LogP contribution in [0.2, 0.25) is 0 Å². The molecule has 1 amide bonds. The topological polar surface area (TPSA) is 71.3 Å². The highest BCUT2D eigenvalue weighted by molar-refractivity contribution is 5.76. The van der Waals surface area contributed by atoms with Crippen molar-refractivity contribution in [3.8, 4) is 11.4 Å². The van der Waals surface area contributed by atoms with Crippen LogP contribution in [0.1, 0.15) is 44.1 Å². The number of likely N-dealkylation sites (N-methyl/N-ethyl adjacent to an activating group) is 1. The molecule has 134 valence electrons. The zero-order valence-electron chi connectivity index (χ0n) is 15.2. The predicted molar refractivity (Wildman–Crippen MR) is 96.2 cm³/mol. The van der Waals surface area contributed by atoms with Crippen LogP contribution >= 0.6 is 0 Å². The second-order valence-corrected chi connectivity index (χ2v) is 6.94. The van der Waals surface area contributed by atoms with E-state index in [0.717, 1.165) is 25.1 Å². The van der Waals surface area contributed by atoms with E-state index >= 15 is 0 Å². The molecule has 1 aromatic carbocycles. The van der Waals surface area contributed by atoms with Gasteiger partial charge >= 0.3 is 0 Å². The van der Waals surface area contributed by atoms with E-state index in [0.29, 0.717) is 36.5 Å². The number of hydrogen-bond acceptors (Lipinski definition) is 5. The molecule has 1 atom stereocenters. The van der Waals surface area contributed by atoms with Crippen molar-refractivity contribution in [2.24, 2.45) is 0 Å². The van der Waals surface area contributed by atoms with Crippen molar-refractivity contribution in [1.29, 1.82) is 0 Å². The van der Waals surface area contributed by atoms with Gasteiger partial charge in [-0.15, -0.1) is 0 Å². The van der Waals surface area contributed by atoms with Gasteiger partial charge in [0.15, 0.2) is 0 Å². The lowest BCUT2D eigenvalue weighted by Crippen LogP contribution is -2.38. The molecular weight excluding hydrogens is 316 g/mol. The van der Waals surface area contributed by atoms with E-state index in [1.807, 2.05) is 24.1 Å².